The lowest BCUT2D eigenvalue weighted by molar-refractivity contribution is -0.0189. The van der Waals surface area contributed by atoms with Crippen molar-refractivity contribution in [2.75, 3.05) is 25.0 Å². The monoisotopic (exact) mass is 379 g/mol. The van der Waals surface area contributed by atoms with E-state index in [9.17, 15) is 0 Å². The average molecular weight is 381 g/mol. The fourth-order valence-electron chi connectivity index (χ4n) is 2.25. The van der Waals surface area contributed by atoms with Crippen molar-refractivity contribution < 1.29 is 4.74 Å². The van der Waals surface area contributed by atoms with Gasteiger partial charge < -0.3 is 4.74 Å². The van der Waals surface area contributed by atoms with E-state index in [0.29, 0.717) is 6.10 Å². The number of alkyl halides is 1. The molecule has 1 aliphatic rings. The second kappa shape index (κ2) is 6.50. The lowest BCUT2D eigenvalue weighted by Crippen LogP contribution is -2.43. The Labute approximate surface area is 125 Å². The highest BCUT2D eigenvalue weighted by Gasteiger charge is 2.22. The van der Waals surface area contributed by atoms with Crippen LogP contribution in [-0.2, 0) is 17.8 Å². The molecule has 18 heavy (non-hydrogen) atoms. The Morgan fingerprint density at radius 3 is 2.94 bits per heavy atom. The van der Waals surface area contributed by atoms with Gasteiger partial charge in [-0.2, -0.15) is 5.10 Å². The number of rotatable bonds is 4. The van der Waals surface area contributed by atoms with Gasteiger partial charge in [-0.25, -0.2) is 0 Å². The Balaban J connectivity index is 2.08. The normalized spacial score (nSPS) is 21.4. The number of nitrogens with zero attached hydrogens (tertiary/aromatic N) is 3. The highest BCUT2D eigenvalue weighted by atomic mass is 79.9. The number of halogens is 2. The Kier molecular flexibility index (Phi) is 5.24. The quantitative estimate of drug-likeness (QED) is 0.752. The van der Waals surface area contributed by atoms with Crippen LogP contribution in [0.3, 0.4) is 0 Å². The zero-order chi connectivity index (χ0) is 13.1. The zero-order valence-electron chi connectivity index (χ0n) is 10.8. The van der Waals surface area contributed by atoms with E-state index in [-0.39, 0.29) is 0 Å². The molecule has 1 aliphatic heterocycles. The first-order chi connectivity index (χ1) is 8.65. The highest BCUT2D eigenvalue weighted by Crippen LogP contribution is 2.23. The first-order valence-electron chi connectivity index (χ1n) is 6.27. The van der Waals surface area contributed by atoms with Crippen LogP contribution in [-0.4, -0.2) is 45.8 Å². The van der Waals surface area contributed by atoms with Crippen molar-refractivity contribution in [2.24, 2.45) is 0 Å². The molecule has 1 aromatic rings. The van der Waals surface area contributed by atoms with Gasteiger partial charge in [-0.05, 0) is 29.8 Å². The van der Waals surface area contributed by atoms with E-state index < -0.39 is 0 Å². The molecule has 1 aromatic heterocycles. The van der Waals surface area contributed by atoms with E-state index >= 15 is 0 Å². The van der Waals surface area contributed by atoms with Gasteiger partial charge in [0.2, 0.25) is 0 Å². The van der Waals surface area contributed by atoms with Crippen LogP contribution in [0.5, 0.6) is 0 Å². The molecular weight excluding hydrogens is 362 g/mol. The van der Waals surface area contributed by atoms with E-state index in [2.05, 4.69) is 53.5 Å². The molecule has 0 radical (unpaired) electrons. The SMILES string of the molecule is CCn1nc(C)c(Br)c1CN1CCOC(CBr)C1. The van der Waals surface area contributed by atoms with Gasteiger partial charge in [-0.3, -0.25) is 9.58 Å². The van der Waals surface area contributed by atoms with Crippen molar-refractivity contribution in [3.05, 3.63) is 15.9 Å². The van der Waals surface area contributed by atoms with Crippen LogP contribution >= 0.6 is 31.9 Å². The van der Waals surface area contributed by atoms with Crippen molar-refractivity contribution >= 4 is 31.9 Å². The molecule has 0 bridgehead atoms. The fraction of sp³-hybridized carbons (Fsp3) is 0.750. The van der Waals surface area contributed by atoms with Crippen molar-refractivity contribution in [2.45, 2.75) is 33.0 Å². The summed E-state index contributed by atoms with van der Waals surface area (Å²) in [7, 11) is 0. The number of morpholine rings is 1. The van der Waals surface area contributed by atoms with Gasteiger partial charge in [0, 0.05) is 31.5 Å². The van der Waals surface area contributed by atoms with E-state index in [0.717, 1.165) is 48.3 Å². The van der Waals surface area contributed by atoms with Gasteiger partial charge in [0.05, 0.1) is 28.6 Å². The smallest absolute Gasteiger partial charge is 0.0799 e. The maximum Gasteiger partial charge on any atom is 0.0799 e. The molecule has 0 aliphatic carbocycles. The van der Waals surface area contributed by atoms with Crippen LogP contribution in [0.25, 0.3) is 0 Å². The first kappa shape index (κ1) is 14.5. The molecular formula is C12H19Br2N3O. The largest absolute Gasteiger partial charge is 0.375 e. The molecule has 2 rings (SSSR count). The summed E-state index contributed by atoms with van der Waals surface area (Å²) in [4.78, 5) is 2.43. The van der Waals surface area contributed by atoms with Crippen LogP contribution in [0, 0.1) is 6.92 Å². The second-order valence-corrected chi connectivity index (χ2v) is 5.98. The predicted molar refractivity (Wildman–Crippen MR) is 79.1 cm³/mol. The maximum atomic E-state index is 5.66. The molecule has 4 nitrogen and oxygen atoms in total. The zero-order valence-corrected chi connectivity index (χ0v) is 14.0. The van der Waals surface area contributed by atoms with Crippen LogP contribution in [0.2, 0.25) is 0 Å². The Bertz CT molecular complexity index is 408. The summed E-state index contributed by atoms with van der Waals surface area (Å²) in [6.07, 6.45) is 0.302. The summed E-state index contributed by atoms with van der Waals surface area (Å²) in [6.45, 7) is 8.79. The van der Waals surface area contributed by atoms with Gasteiger partial charge in [0.25, 0.3) is 0 Å². The van der Waals surface area contributed by atoms with Crippen molar-refractivity contribution in [1.82, 2.24) is 14.7 Å². The minimum Gasteiger partial charge on any atom is -0.375 e. The summed E-state index contributed by atoms with van der Waals surface area (Å²) in [5, 5.41) is 5.44. The van der Waals surface area contributed by atoms with E-state index in [1.54, 1.807) is 0 Å². The summed E-state index contributed by atoms with van der Waals surface area (Å²) in [5.41, 5.74) is 2.34. The van der Waals surface area contributed by atoms with Crippen LogP contribution in [0.15, 0.2) is 4.47 Å². The molecule has 0 aromatic carbocycles. The second-order valence-electron chi connectivity index (χ2n) is 4.54. The molecule has 102 valence electrons. The summed E-state index contributed by atoms with van der Waals surface area (Å²) in [6, 6.07) is 0. The molecule has 1 atom stereocenters. The molecule has 2 heterocycles. The number of hydrogen-bond donors (Lipinski definition) is 0. The first-order valence-corrected chi connectivity index (χ1v) is 8.18. The van der Waals surface area contributed by atoms with Crippen LogP contribution in [0.4, 0.5) is 0 Å². The number of aromatic nitrogens is 2. The molecule has 0 N–H and O–H groups in total. The van der Waals surface area contributed by atoms with E-state index in [1.165, 1.54) is 5.69 Å². The van der Waals surface area contributed by atoms with Gasteiger partial charge >= 0.3 is 0 Å². The summed E-state index contributed by atoms with van der Waals surface area (Å²) in [5.74, 6) is 0. The Morgan fingerprint density at radius 1 is 1.50 bits per heavy atom. The minimum absolute atomic E-state index is 0.302. The van der Waals surface area contributed by atoms with Crippen molar-refractivity contribution in [3.63, 3.8) is 0 Å². The maximum absolute atomic E-state index is 5.66. The van der Waals surface area contributed by atoms with Crippen molar-refractivity contribution in [1.29, 1.82) is 0 Å². The molecule has 0 amide bonds. The molecule has 1 fully saturated rings. The van der Waals surface area contributed by atoms with Gasteiger partial charge in [0.15, 0.2) is 0 Å². The number of hydrogen-bond acceptors (Lipinski definition) is 3. The summed E-state index contributed by atoms with van der Waals surface area (Å²) >= 11 is 7.14. The van der Waals surface area contributed by atoms with E-state index in [4.69, 9.17) is 4.74 Å². The number of aryl methyl sites for hydroxylation is 2. The lowest BCUT2D eigenvalue weighted by atomic mass is 10.2. The van der Waals surface area contributed by atoms with Crippen LogP contribution in [0.1, 0.15) is 18.3 Å². The third-order valence-electron chi connectivity index (χ3n) is 3.22. The third-order valence-corrected chi connectivity index (χ3v) is 4.97. The van der Waals surface area contributed by atoms with E-state index in [1.807, 2.05) is 6.92 Å². The van der Waals surface area contributed by atoms with Gasteiger partial charge in [0.1, 0.15) is 0 Å². The topological polar surface area (TPSA) is 30.3 Å². The standard InChI is InChI=1S/C12H19Br2N3O/c1-3-17-11(12(14)9(2)15-17)8-16-4-5-18-10(6-13)7-16/h10H,3-8H2,1-2H3. The van der Waals surface area contributed by atoms with Crippen molar-refractivity contribution in [3.8, 4) is 0 Å². The molecule has 6 heteroatoms. The third kappa shape index (κ3) is 3.15. The lowest BCUT2D eigenvalue weighted by Gasteiger charge is -2.32. The molecule has 1 unspecified atom stereocenters. The molecule has 0 spiro atoms. The van der Waals surface area contributed by atoms with Gasteiger partial charge in [-0.1, -0.05) is 15.9 Å². The fourth-order valence-corrected chi connectivity index (χ4v) is 3.05. The molecule has 1 saturated heterocycles. The average Bonchev–Trinajstić information content (AvgIpc) is 2.67. The Hall–Kier alpha value is 0.0900. The van der Waals surface area contributed by atoms with Gasteiger partial charge in [-0.15, -0.1) is 0 Å². The minimum atomic E-state index is 0.302. The predicted octanol–water partition coefficient (Wildman–Crippen LogP) is 2.57. The number of ether oxygens (including phenoxy) is 1. The molecule has 0 saturated carbocycles. The highest BCUT2D eigenvalue weighted by molar-refractivity contribution is 9.10. The summed E-state index contributed by atoms with van der Waals surface area (Å²) < 4.78 is 8.89. The van der Waals surface area contributed by atoms with Crippen LogP contribution < -0.4 is 0 Å². The Morgan fingerprint density at radius 2 is 2.28 bits per heavy atom.